The van der Waals surface area contributed by atoms with E-state index in [9.17, 15) is 9.59 Å². The monoisotopic (exact) mass is 324 g/mol. The number of para-hydroxylation sites is 2. The van der Waals surface area contributed by atoms with Gasteiger partial charge in [-0.15, -0.1) is 0 Å². The van der Waals surface area contributed by atoms with Crippen molar-refractivity contribution in [1.82, 2.24) is 10.6 Å². The van der Waals surface area contributed by atoms with Crippen LogP contribution in [0, 0.1) is 0 Å². The number of carboxylic acid groups (broad SMARTS) is 1. The first kappa shape index (κ1) is 18.6. The van der Waals surface area contributed by atoms with Crippen LogP contribution in [0.4, 0.5) is 4.79 Å². The molecular weight excluding hydrogens is 300 g/mol. The maximum atomic E-state index is 11.6. The third-order valence-corrected chi connectivity index (χ3v) is 2.96. The van der Waals surface area contributed by atoms with Gasteiger partial charge in [-0.05, 0) is 31.9 Å². The zero-order valence-electron chi connectivity index (χ0n) is 13.3. The molecule has 0 spiro atoms. The number of nitrogens with one attached hydrogen (secondary N) is 2. The first-order chi connectivity index (χ1) is 11.1. The maximum absolute atomic E-state index is 11.6. The number of rotatable bonds is 11. The van der Waals surface area contributed by atoms with Crippen LogP contribution in [0.25, 0.3) is 0 Å². The van der Waals surface area contributed by atoms with Crippen molar-refractivity contribution in [3.8, 4) is 11.5 Å². The molecule has 0 aromatic heterocycles. The number of aliphatic carboxylic acids is 1. The highest BCUT2D eigenvalue weighted by Gasteiger charge is 2.04. The standard InChI is InChI=1S/C16H24N2O5/c1-2-22-13-8-5-6-9-14(13)23-12-18-16(21)17-11-7-3-4-10-15(19)20/h5-6,8-9H,2-4,7,10-12H2,1H3,(H,19,20)(H2,17,18,21). The number of hydrogen-bond acceptors (Lipinski definition) is 4. The third kappa shape index (κ3) is 8.55. The van der Waals surface area contributed by atoms with Gasteiger partial charge in [-0.3, -0.25) is 4.79 Å². The average molecular weight is 324 g/mol. The minimum absolute atomic E-state index is 0.0366. The fraction of sp³-hybridized carbons (Fsp3) is 0.500. The van der Waals surface area contributed by atoms with Crippen molar-refractivity contribution in [3.05, 3.63) is 24.3 Å². The Labute approximate surface area is 136 Å². The average Bonchev–Trinajstić information content (AvgIpc) is 2.52. The summed E-state index contributed by atoms with van der Waals surface area (Å²) < 4.78 is 10.9. The predicted octanol–water partition coefficient (Wildman–Crippen LogP) is 2.37. The second kappa shape index (κ2) is 11.2. The van der Waals surface area contributed by atoms with E-state index in [1.54, 1.807) is 12.1 Å². The molecule has 0 aliphatic carbocycles. The molecule has 0 fully saturated rings. The van der Waals surface area contributed by atoms with E-state index in [1.807, 2.05) is 19.1 Å². The molecule has 0 aliphatic heterocycles. The van der Waals surface area contributed by atoms with E-state index in [4.69, 9.17) is 14.6 Å². The second-order valence-electron chi connectivity index (χ2n) is 4.81. The Balaban J connectivity index is 2.13. The molecule has 0 bridgehead atoms. The van der Waals surface area contributed by atoms with Gasteiger partial charge in [0.05, 0.1) is 6.61 Å². The van der Waals surface area contributed by atoms with Crippen LogP contribution in [-0.4, -0.2) is 37.0 Å². The number of hydrogen-bond donors (Lipinski definition) is 3. The Bertz CT molecular complexity index is 493. The molecule has 7 nitrogen and oxygen atoms in total. The largest absolute Gasteiger partial charge is 0.490 e. The van der Waals surface area contributed by atoms with Crippen LogP contribution in [0.15, 0.2) is 24.3 Å². The molecule has 0 saturated heterocycles. The number of carbonyl (C=O) groups is 2. The summed E-state index contributed by atoms with van der Waals surface area (Å²) >= 11 is 0. The van der Waals surface area contributed by atoms with Crippen LogP contribution in [0.3, 0.4) is 0 Å². The van der Waals surface area contributed by atoms with E-state index in [1.165, 1.54) is 0 Å². The summed E-state index contributed by atoms with van der Waals surface area (Å²) in [6.45, 7) is 2.96. The molecule has 0 atom stereocenters. The van der Waals surface area contributed by atoms with Crippen LogP contribution < -0.4 is 20.1 Å². The topological polar surface area (TPSA) is 96.9 Å². The fourth-order valence-electron chi connectivity index (χ4n) is 1.87. The van der Waals surface area contributed by atoms with Crippen molar-refractivity contribution < 1.29 is 24.2 Å². The minimum Gasteiger partial charge on any atom is -0.490 e. The summed E-state index contributed by atoms with van der Waals surface area (Å²) in [6.07, 6.45) is 2.30. The van der Waals surface area contributed by atoms with E-state index in [0.717, 1.165) is 12.8 Å². The summed E-state index contributed by atoms with van der Waals surface area (Å²) in [5, 5.41) is 13.8. The number of ether oxygens (including phenoxy) is 2. The first-order valence-electron chi connectivity index (χ1n) is 7.71. The predicted molar refractivity (Wildman–Crippen MR) is 85.7 cm³/mol. The van der Waals surface area contributed by atoms with Crippen LogP contribution in [0.5, 0.6) is 11.5 Å². The van der Waals surface area contributed by atoms with E-state index in [-0.39, 0.29) is 19.2 Å². The lowest BCUT2D eigenvalue weighted by Crippen LogP contribution is -2.38. The molecule has 0 unspecified atom stereocenters. The van der Waals surface area contributed by atoms with Crippen molar-refractivity contribution in [2.24, 2.45) is 0 Å². The van der Waals surface area contributed by atoms with E-state index >= 15 is 0 Å². The molecule has 3 N–H and O–H groups in total. The smallest absolute Gasteiger partial charge is 0.317 e. The zero-order valence-corrected chi connectivity index (χ0v) is 13.3. The Hall–Kier alpha value is -2.44. The highest BCUT2D eigenvalue weighted by molar-refractivity contribution is 5.73. The number of unbranched alkanes of at least 4 members (excludes halogenated alkanes) is 2. The zero-order chi connectivity index (χ0) is 16.9. The van der Waals surface area contributed by atoms with Gasteiger partial charge in [0.15, 0.2) is 18.2 Å². The van der Waals surface area contributed by atoms with Crippen molar-refractivity contribution in [2.45, 2.75) is 32.6 Å². The number of urea groups is 1. The van der Waals surface area contributed by atoms with Gasteiger partial charge in [0.2, 0.25) is 0 Å². The highest BCUT2D eigenvalue weighted by atomic mass is 16.5. The highest BCUT2D eigenvalue weighted by Crippen LogP contribution is 2.25. The Morgan fingerprint density at radius 2 is 1.74 bits per heavy atom. The first-order valence-corrected chi connectivity index (χ1v) is 7.71. The molecule has 0 saturated carbocycles. The molecule has 0 heterocycles. The van der Waals surface area contributed by atoms with Crippen LogP contribution >= 0.6 is 0 Å². The molecule has 7 heteroatoms. The molecule has 128 valence electrons. The third-order valence-electron chi connectivity index (χ3n) is 2.96. The van der Waals surface area contributed by atoms with Crippen LogP contribution in [0.2, 0.25) is 0 Å². The maximum Gasteiger partial charge on any atom is 0.317 e. The molecule has 23 heavy (non-hydrogen) atoms. The van der Waals surface area contributed by atoms with Crippen molar-refractivity contribution >= 4 is 12.0 Å². The Kier molecular flexibility index (Phi) is 9.04. The molecule has 0 aliphatic rings. The summed E-state index contributed by atoms with van der Waals surface area (Å²) in [5.41, 5.74) is 0. The van der Waals surface area contributed by atoms with Gasteiger partial charge in [0.1, 0.15) is 0 Å². The van der Waals surface area contributed by atoms with Gasteiger partial charge in [0.25, 0.3) is 0 Å². The number of carbonyl (C=O) groups excluding carboxylic acids is 1. The van der Waals surface area contributed by atoms with Crippen molar-refractivity contribution in [2.75, 3.05) is 19.9 Å². The summed E-state index contributed by atoms with van der Waals surface area (Å²) in [7, 11) is 0. The lowest BCUT2D eigenvalue weighted by molar-refractivity contribution is -0.137. The van der Waals surface area contributed by atoms with Crippen molar-refractivity contribution in [1.29, 1.82) is 0 Å². The van der Waals surface area contributed by atoms with E-state index in [2.05, 4.69) is 10.6 Å². The molecular formula is C16H24N2O5. The molecule has 1 aromatic carbocycles. The second-order valence-corrected chi connectivity index (χ2v) is 4.81. The van der Waals surface area contributed by atoms with Gasteiger partial charge in [-0.1, -0.05) is 18.6 Å². The molecule has 1 aromatic rings. The Morgan fingerprint density at radius 1 is 1.04 bits per heavy atom. The van der Waals surface area contributed by atoms with Crippen molar-refractivity contribution in [3.63, 3.8) is 0 Å². The fourth-order valence-corrected chi connectivity index (χ4v) is 1.87. The SMILES string of the molecule is CCOc1ccccc1OCNC(=O)NCCCCCC(=O)O. The normalized spacial score (nSPS) is 9.96. The molecule has 2 amide bonds. The number of amides is 2. The van der Waals surface area contributed by atoms with E-state index in [0.29, 0.717) is 31.1 Å². The van der Waals surface area contributed by atoms with Gasteiger partial charge >= 0.3 is 12.0 Å². The number of carboxylic acids is 1. The quantitative estimate of drug-likeness (QED) is 0.429. The number of benzene rings is 1. The van der Waals surface area contributed by atoms with Crippen LogP contribution in [-0.2, 0) is 4.79 Å². The van der Waals surface area contributed by atoms with Gasteiger partial charge in [-0.25, -0.2) is 4.79 Å². The summed E-state index contributed by atoms with van der Waals surface area (Å²) in [6, 6.07) is 6.93. The molecule has 1 rings (SSSR count). The Morgan fingerprint density at radius 3 is 2.39 bits per heavy atom. The minimum atomic E-state index is -0.791. The summed E-state index contributed by atoms with van der Waals surface area (Å²) in [5.74, 6) is 0.416. The lowest BCUT2D eigenvalue weighted by Gasteiger charge is -2.12. The lowest BCUT2D eigenvalue weighted by atomic mass is 10.2. The summed E-state index contributed by atoms with van der Waals surface area (Å²) in [4.78, 5) is 21.9. The van der Waals surface area contributed by atoms with E-state index < -0.39 is 5.97 Å². The van der Waals surface area contributed by atoms with Gasteiger partial charge in [0, 0.05) is 13.0 Å². The van der Waals surface area contributed by atoms with Gasteiger partial charge in [-0.2, -0.15) is 0 Å². The van der Waals surface area contributed by atoms with Crippen LogP contribution in [0.1, 0.15) is 32.6 Å². The van der Waals surface area contributed by atoms with Gasteiger partial charge < -0.3 is 25.2 Å². The molecule has 0 radical (unpaired) electrons.